The molecule has 1 N–H and O–H groups in total. The number of carbonyl (C=O) groups is 1. The smallest absolute Gasteiger partial charge is 0.262 e. The Hall–Kier alpha value is -3.60. The fourth-order valence-electron chi connectivity index (χ4n) is 3.19. The molecule has 3 aromatic carbocycles. The molecule has 152 valence electrons. The zero-order valence-corrected chi connectivity index (χ0v) is 17.3. The summed E-state index contributed by atoms with van der Waals surface area (Å²) in [5.74, 6) is 1.42. The molecule has 30 heavy (non-hydrogen) atoms. The summed E-state index contributed by atoms with van der Waals surface area (Å²) in [6.07, 6.45) is 0. The number of amides is 1. The van der Waals surface area contributed by atoms with Crippen LogP contribution in [-0.2, 0) is 4.79 Å². The van der Waals surface area contributed by atoms with Gasteiger partial charge < -0.3 is 14.5 Å². The van der Waals surface area contributed by atoms with Gasteiger partial charge in [0.15, 0.2) is 12.2 Å². The van der Waals surface area contributed by atoms with Crippen molar-refractivity contribution in [3.8, 4) is 17.2 Å². The highest BCUT2D eigenvalue weighted by Gasteiger charge is 2.10. The molecule has 0 bridgehead atoms. The second-order valence-electron chi connectivity index (χ2n) is 7.63. The number of aromatic nitrogens is 1. The zero-order chi connectivity index (χ0) is 21.1. The van der Waals surface area contributed by atoms with E-state index < -0.39 is 0 Å². The number of anilines is 1. The topological polar surface area (TPSA) is 64.4 Å². The number of hydrogen-bond donors (Lipinski definition) is 1. The minimum absolute atomic E-state index is 0.0621. The van der Waals surface area contributed by atoms with Gasteiger partial charge in [-0.1, -0.05) is 38.1 Å². The van der Waals surface area contributed by atoms with Crippen LogP contribution in [0.3, 0.4) is 0 Å². The fraction of sp³-hybridized carbons (Fsp3) is 0.200. The van der Waals surface area contributed by atoms with Crippen molar-refractivity contribution >= 4 is 22.7 Å². The number of fused-ring (bicyclic) bond motifs is 1. The molecule has 0 aliphatic rings. The average molecular weight is 400 g/mol. The molecule has 0 fully saturated rings. The van der Waals surface area contributed by atoms with E-state index >= 15 is 0 Å². The molecule has 0 unspecified atom stereocenters. The van der Waals surface area contributed by atoms with Gasteiger partial charge in [0.25, 0.3) is 5.91 Å². The second-order valence-corrected chi connectivity index (χ2v) is 7.63. The maximum Gasteiger partial charge on any atom is 0.262 e. The van der Waals surface area contributed by atoms with Crippen LogP contribution >= 0.6 is 0 Å². The van der Waals surface area contributed by atoms with Crippen molar-refractivity contribution in [3.63, 3.8) is 0 Å². The third kappa shape index (κ3) is 4.51. The predicted molar refractivity (Wildman–Crippen MR) is 119 cm³/mol. The van der Waals surface area contributed by atoms with Crippen LogP contribution in [0.25, 0.3) is 22.6 Å². The van der Waals surface area contributed by atoms with Crippen LogP contribution in [0.1, 0.15) is 30.9 Å². The largest absolute Gasteiger partial charge is 0.484 e. The molecule has 0 aliphatic heterocycles. The van der Waals surface area contributed by atoms with E-state index in [2.05, 4.69) is 24.1 Å². The number of hydrogen-bond acceptors (Lipinski definition) is 4. The van der Waals surface area contributed by atoms with Crippen LogP contribution in [0.5, 0.6) is 5.75 Å². The number of nitrogens with zero attached hydrogens (tertiary/aromatic N) is 1. The predicted octanol–water partition coefficient (Wildman–Crippen LogP) is 5.94. The van der Waals surface area contributed by atoms with Crippen LogP contribution < -0.4 is 10.1 Å². The summed E-state index contributed by atoms with van der Waals surface area (Å²) in [6, 6.07) is 21.1. The minimum Gasteiger partial charge on any atom is -0.484 e. The van der Waals surface area contributed by atoms with E-state index in [4.69, 9.17) is 9.15 Å². The van der Waals surface area contributed by atoms with Crippen LogP contribution in [-0.4, -0.2) is 17.5 Å². The van der Waals surface area contributed by atoms with Gasteiger partial charge in [-0.05, 0) is 66.4 Å². The van der Waals surface area contributed by atoms with Crippen molar-refractivity contribution in [1.82, 2.24) is 4.98 Å². The van der Waals surface area contributed by atoms with Crippen molar-refractivity contribution in [2.75, 3.05) is 11.9 Å². The first-order chi connectivity index (χ1) is 14.5. The number of carbonyl (C=O) groups excluding carboxylic acids is 1. The highest BCUT2D eigenvalue weighted by molar-refractivity contribution is 5.92. The zero-order valence-electron chi connectivity index (χ0n) is 17.3. The number of benzene rings is 3. The van der Waals surface area contributed by atoms with Gasteiger partial charge in [-0.15, -0.1) is 0 Å². The Morgan fingerprint density at radius 3 is 2.63 bits per heavy atom. The van der Waals surface area contributed by atoms with Crippen LogP contribution in [0, 0.1) is 6.92 Å². The van der Waals surface area contributed by atoms with E-state index in [-0.39, 0.29) is 12.5 Å². The Kier molecular flexibility index (Phi) is 5.53. The lowest BCUT2D eigenvalue weighted by molar-refractivity contribution is -0.118. The summed E-state index contributed by atoms with van der Waals surface area (Å²) < 4.78 is 11.5. The molecule has 0 saturated heterocycles. The van der Waals surface area contributed by atoms with E-state index in [9.17, 15) is 4.79 Å². The van der Waals surface area contributed by atoms with Gasteiger partial charge in [-0.2, -0.15) is 0 Å². The third-order valence-corrected chi connectivity index (χ3v) is 4.85. The molecule has 0 spiro atoms. The van der Waals surface area contributed by atoms with Gasteiger partial charge in [0.05, 0.1) is 0 Å². The Morgan fingerprint density at radius 1 is 1.07 bits per heavy atom. The molecule has 0 saturated carbocycles. The number of rotatable bonds is 6. The summed E-state index contributed by atoms with van der Waals surface area (Å²) >= 11 is 0. The van der Waals surface area contributed by atoms with Gasteiger partial charge in [0.1, 0.15) is 11.3 Å². The number of ether oxygens (including phenoxy) is 1. The molecule has 1 heterocycles. The number of oxazole rings is 1. The maximum absolute atomic E-state index is 12.3. The van der Waals surface area contributed by atoms with Crippen molar-refractivity contribution in [2.24, 2.45) is 0 Å². The van der Waals surface area contributed by atoms with Crippen molar-refractivity contribution in [3.05, 3.63) is 77.9 Å². The monoisotopic (exact) mass is 400 g/mol. The Balaban J connectivity index is 1.41. The molecule has 4 rings (SSSR count). The molecule has 5 heteroatoms. The molecule has 1 amide bonds. The lowest BCUT2D eigenvalue weighted by Crippen LogP contribution is -2.20. The molecule has 0 radical (unpaired) electrons. The highest BCUT2D eigenvalue weighted by Crippen LogP contribution is 2.26. The van der Waals surface area contributed by atoms with Gasteiger partial charge in [-0.25, -0.2) is 4.98 Å². The van der Waals surface area contributed by atoms with E-state index in [0.29, 0.717) is 23.2 Å². The molecule has 0 aliphatic carbocycles. The molecular formula is C25H24N2O3. The lowest BCUT2D eigenvalue weighted by Gasteiger charge is -2.10. The number of nitrogens with one attached hydrogen (secondary N) is 1. The van der Waals surface area contributed by atoms with E-state index in [1.807, 2.05) is 73.7 Å². The van der Waals surface area contributed by atoms with E-state index in [1.165, 1.54) is 5.56 Å². The maximum atomic E-state index is 12.3. The van der Waals surface area contributed by atoms with Crippen molar-refractivity contribution in [1.29, 1.82) is 0 Å². The standard InChI is InChI=1S/C25H24N2O3/c1-16(2)18-8-10-21(11-9-18)29-15-24(28)26-20-6-4-5-19(14-20)25-27-22-13-17(3)7-12-23(22)30-25/h4-14,16H,15H2,1-3H3,(H,26,28). The Morgan fingerprint density at radius 2 is 1.87 bits per heavy atom. The Labute approximate surface area is 175 Å². The molecule has 4 aromatic rings. The normalized spacial score (nSPS) is 11.1. The quantitative estimate of drug-likeness (QED) is 0.435. The van der Waals surface area contributed by atoms with E-state index in [1.54, 1.807) is 0 Å². The summed E-state index contributed by atoms with van der Waals surface area (Å²) in [5, 5.41) is 2.86. The SMILES string of the molecule is Cc1ccc2oc(-c3cccc(NC(=O)COc4ccc(C(C)C)cc4)c3)nc2c1. The molecular weight excluding hydrogens is 376 g/mol. The third-order valence-electron chi connectivity index (χ3n) is 4.85. The van der Waals surface area contributed by atoms with Gasteiger partial charge in [0.2, 0.25) is 5.89 Å². The first-order valence-electron chi connectivity index (χ1n) is 9.98. The van der Waals surface area contributed by atoms with Crippen LogP contribution in [0.15, 0.2) is 71.1 Å². The van der Waals surface area contributed by atoms with Gasteiger partial charge in [0, 0.05) is 11.3 Å². The fourth-order valence-corrected chi connectivity index (χ4v) is 3.19. The molecule has 1 aromatic heterocycles. The summed E-state index contributed by atoms with van der Waals surface area (Å²) in [5.41, 5.74) is 5.37. The van der Waals surface area contributed by atoms with Crippen LogP contribution in [0.2, 0.25) is 0 Å². The first-order valence-corrected chi connectivity index (χ1v) is 9.98. The lowest BCUT2D eigenvalue weighted by atomic mass is 10.0. The summed E-state index contributed by atoms with van der Waals surface area (Å²) in [4.78, 5) is 16.9. The van der Waals surface area contributed by atoms with Gasteiger partial charge in [-0.3, -0.25) is 4.79 Å². The first kappa shape index (κ1) is 19.7. The van der Waals surface area contributed by atoms with Crippen LogP contribution in [0.4, 0.5) is 5.69 Å². The second kappa shape index (κ2) is 8.41. The number of aryl methyl sites for hydroxylation is 1. The Bertz CT molecular complexity index is 1180. The van der Waals surface area contributed by atoms with Crippen molar-refractivity contribution in [2.45, 2.75) is 26.7 Å². The minimum atomic E-state index is -0.228. The van der Waals surface area contributed by atoms with Gasteiger partial charge >= 0.3 is 0 Å². The van der Waals surface area contributed by atoms with E-state index in [0.717, 1.165) is 22.2 Å². The molecule has 5 nitrogen and oxygen atoms in total. The average Bonchev–Trinajstić information content (AvgIpc) is 3.16. The summed E-state index contributed by atoms with van der Waals surface area (Å²) in [7, 11) is 0. The summed E-state index contributed by atoms with van der Waals surface area (Å²) in [6.45, 7) is 6.23. The van der Waals surface area contributed by atoms with Crippen molar-refractivity contribution < 1.29 is 13.9 Å². The molecule has 0 atom stereocenters. The highest BCUT2D eigenvalue weighted by atomic mass is 16.5.